The van der Waals surface area contributed by atoms with Crippen LogP contribution in [0.5, 0.6) is 5.75 Å². The predicted molar refractivity (Wildman–Crippen MR) is 133 cm³/mol. The van der Waals surface area contributed by atoms with Gasteiger partial charge in [0.2, 0.25) is 5.91 Å². The molecule has 180 valence electrons. The van der Waals surface area contributed by atoms with Gasteiger partial charge in [-0.3, -0.25) is 9.10 Å². The quantitative estimate of drug-likeness (QED) is 0.391. The first kappa shape index (κ1) is 25.6. The number of nitrogens with zero attached hydrogens (tertiary/aromatic N) is 1. The van der Waals surface area contributed by atoms with Gasteiger partial charge in [-0.05, 0) is 85.8 Å². The first-order valence-electron chi connectivity index (χ1n) is 10.7. The van der Waals surface area contributed by atoms with Crippen molar-refractivity contribution in [3.8, 4) is 5.75 Å². The number of thioether (sulfide) groups is 1. The SMILES string of the molecule is CCOc1ccc(N(CC(=O)NCCc2ccc(F)cc2)S(=O)(=O)c2ccc(SC)cc2)cc1. The molecule has 0 saturated carbocycles. The van der Waals surface area contributed by atoms with Crippen molar-refractivity contribution >= 4 is 33.4 Å². The van der Waals surface area contributed by atoms with Crippen LogP contribution in [0.3, 0.4) is 0 Å². The predicted octanol–water partition coefficient (Wildman–Crippen LogP) is 4.50. The molecular formula is C25H27FN2O4S2. The van der Waals surface area contributed by atoms with Gasteiger partial charge in [-0.15, -0.1) is 11.8 Å². The van der Waals surface area contributed by atoms with Crippen molar-refractivity contribution < 1.29 is 22.3 Å². The van der Waals surface area contributed by atoms with Crippen LogP contribution in [0.15, 0.2) is 82.6 Å². The monoisotopic (exact) mass is 502 g/mol. The van der Waals surface area contributed by atoms with E-state index < -0.39 is 15.9 Å². The summed E-state index contributed by atoms with van der Waals surface area (Å²) in [5.41, 5.74) is 1.22. The van der Waals surface area contributed by atoms with Crippen molar-refractivity contribution in [1.82, 2.24) is 5.32 Å². The van der Waals surface area contributed by atoms with Gasteiger partial charge in [0, 0.05) is 11.4 Å². The van der Waals surface area contributed by atoms with Crippen molar-refractivity contribution in [3.05, 3.63) is 84.2 Å². The summed E-state index contributed by atoms with van der Waals surface area (Å²) >= 11 is 1.51. The minimum Gasteiger partial charge on any atom is -0.494 e. The molecule has 0 aromatic heterocycles. The third-order valence-corrected chi connectivity index (χ3v) is 7.55. The summed E-state index contributed by atoms with van der Waals surface area (Å²) in [7, 11) is -4.00. The largest absolute Gasteiger partial charge is 0.494 e. The van der Waals surface area contributed by atoms with Crippen LogP contribution in [0.4, 0.5) is 10.1 Å². The fraction of sp³-hybridized carbons (Fsp3) is 0.240. The molecule has 0 radical (unpaired) electrons. The number of halogens is 1. The second-order valence-electron chi connectivity index (χ2n) is 7.34. The molecule has 0 aliphatic rings. The van der Waals surface area contributed by atoms with E-state index in [-0.39, 0.29) is 17.3 Å². The molecule has 0 saturated heterocycles. The van der Waals surface area contributed by atoms with E-state index in [4.69, 9.17) is 4.74 Å². The van der Waals surface area contributed by atoms with Crippen molar-refractivity contribution in [1.29, 1.82) is 0 Å². The number of amides is 1. The number of carbonyl (C=O) groups is 1. The van der Waals surface area contributed by atoms with Crippen LogP contribution in [0.2, 0.25) is 0 Å². The normalized spacial score (nSPS) is 11.1. The van der Waals surface area contributed by atoms with E-state index in [1.54, 1.807) is 48.5 Å². The van der Waals surface area contributed by atoms with Crippen LogP contribution in [0.25, 0.3) is 0 Å². The topological polar surface area (TPSA) is 75.7 Å². The Kier molecular flexibility index (Phi) is 8.95. The van der Waals surface area contributed by atoms with E-state index in [1.807, 2.05) is 13.2 Å². The maximum Gasteiger partial charge on any atom is 0.264 e. The molecule has 0 aliphatic heterocycles. The third-order valence-electron chi connectivity index (χ3n) is 5.02. The molecular weight excluding hydrogens is 475 g/mol. The van der Waals surface area contributed by atoms with Crippen LogP contribution in [0, 0.1) is 5.82 Å². The minimum atomic E-state index is -4.00. The number of hydrogen-bond donors (Lipinski definition) is 1. The Hall–Kier alpha value is -3.04. The lowest BCUT2D eigenvalue weighted by molar-refractivity contribution is -0.119. The molecule has 0 heterocycles. The van der Waals surface area contributed by atoms with Gasteiger partial charge in [0.1, 0.15) is 18.1 Å². The van der Waals surface area contributed by atoms with Gasteiger partial charge in [0.15, 0.2) is 0 Å². The van der Waals surface area contributed by atoms with Crippen LogP contribution in [-0.2, 0) is 21.2 Å². The van der Waals surface area contributed by atoms with Gasteiger partial charge < -0.3 is 10.1 Å². The molecule has 0 unspecified atom stereocenters. The molecule has 34 heavy (non-hydrogen) atoms. The summed E-state index contributed by atoms with van der Waals surface area (Å²) in [4.78, 5) is 13.7. The molecule has 6 nitrogen and oxygen atoms in total. The van der Waals surface area contributed by atoms with E-state index in [0.29, 0.717) is 31.0 Å². The highest BCUT2D eigenvalue weighted by molar-refractivity contribution is 7.98. The lowest BCUT2D eigenvalue weighted by atomic mass is 10.1. The maximum atomic E-state index is 13.5. The van der Waals surface area contributed by atoms with Gasteiger partial charge in [0.05, 0.1) is 17.2 Å². The van der Waals surface area contributed by atoms with Gasteiger partial charge >= 0.3 is 0 Å². The lowest BCUT2D eigenvalue weighted by Gasteiger charge is -2.24. The number of benzene rings is 3. The summed E-state index contributed by atoms with van der Waals surface area (Å²) in [6, 6.07) is 19.1. The Morgan fingerprint density at radius 3 is 2.24 bits per heavy atom. The van der Waals surface area contributed by atoms with Gasteiger partial charge in [0.25, 0.3) is 10.0 Å². The number of nitrogens with one attached hydrogen (secondary N) is 1. The first-order chi connectivity index (χ1) is 16.3. The molecule has 0 bridgehead atoms. The zero-order valence-electron chi connectivity index (χ0n) is 19.0. The number of carbonyl (C=O) groups excluding carboxylic acids is 1. The molecule has 0 atom stereocenters. The average Bonchev–Trinajstić information content (AvgIpc) is 2.84. The highest BCUT2D eigenvalue weighted by atomic mass is 32.2. The molecule has 0 spiro atoms. The second kappa shape index (κ2) is 11.9. The van der Waals surface area contributed by atoms with Crippen LogP contribution < -0.4 is 14.4 Å². The Morgan fingerprint density at radius 2 is 1.65 bits per heavy atom. The van der Waals surface area contributed by atoms with E-state index >= 15 is 0 Å². The molecule has 1 N–H and O–H groups in total. The molecule has 0 fully saturated rings. The third kappa shape index (κ3) is 6.74. The van der Waals surface area contributed by atoms with Crippen LogP contribution >= 0.6 is 11.8 Å². The van der Waals surface area contributed by atoms with E-state index in [0.717, 1.165) is 14.8 Å². The molecule has 9 heteroatoms. The summed E-state index contributed by atoms with van der Waals surface area (Å²) in [5, 5.41) is 2.75. The zero-order chi connectivity index (χ0) is 24.6. The molecule has 1 amide bonds. The Bertz CT molecular complexity index is 1180. The second-order valence-corrected chi connectivity index (χ2v) is 10.1. The summed E-state index contributed by atoms with van der Waals surface area (Å²) in [5.74, 6) is -0.161. The van der Waals surface area contributed by atoms with Crippen LogP contribution in [0.1, 0.15) is 12.5 Å². The number of ether oxygens (including phenoxy) is 1. The number of hydrogen-bond acceptors (Lipinski definition) is 5. The van der Waals surface area contributed by atoms with E-state index in [2.05, 4.69) is 5.32 Å². The van der Waals surface area contributed by atoms with Crippen molar-refractivity contribution in [2.24, 2.45) is 0 Å². The Morgan fingerprint density at radius 1 is 1.00 bits per heavy atom. The van der Waals surface area contributed by atoms with E-state index in [1.165, 1.54) is 36.0 Å². The molecule has 3 rings (SSSR count). The van der Waals surface area contributed by atoms with Gasteiger partial charge in [-0.1, -0.05) is 12.1 Å². The van der Waals surface area contributed by atoms with Gasteiger partial charge in [-0.2, -0.15) is 0 Å². The minimum absolute atomic E-state index is 0.0956. The molecule has 0 aliphatic carbocycles. The fourth-order valence-electron chi connectivity index (χ4n) is 3.25. The van der Waals surface area contributed by atoms with Gasteiger partial charge in [-0.25, -0.2) is 12.8 Å². The first-order valence-corrected chi connectivity index (χ1v) is 13.4. The smallest absolute Gasteiger partial charge is 0.264 e. The number of rotatable bonds is 11. The number of anilines is 1. The summed E-state index contributed by atoms with van der Waals surface area (Å²) < 4.78 is 46.6. The molecule has 3 aromatic rings. The number of sulfonamides is 1. The summed E-state index contributed by atoms with van der Waals surface area (Å²) in [6.45, 7) is 2.26. The van der Waals surface area contributed by atoms with E-state index in [9.17, 15) is 17.6 Å². The lowest BCUT2D eigenvalue weighted by Crippen LogP contribution is -2.41. The Balaban J connectivity index is 1.79. The maximum absolute atomic E-state index is 13.5. The average molecular weight is 503 g/mol. The van der Waals surface area contributed by atoms with Crippen LogP contribution in [-0.4, -0.2) is 40.3 Å². The summed E-state index contributed by atoms with van der Waals surface area (Å²) in [6.07, 6.45) is 2.41. The van der Waals surface area contributed by atoms with Crippen molar-refractivity contribution in [3.63, 3.8) is 0 Å². The highest BCUT2D eigenvalue weighted by Gasteiger charge is 2.27. The zero-order valence-corrected chi connectivity index (χ0v) is 20.7. The molecule has 3 aromatic carbocycles. The Labute approximate surface area is 204 Å². The highest BCUT2D eigenvalue weighted by Crippen LogP contribution is 2.27. The van der Waals surface area contributed by atoms with Crippen molar-refractivity contribution in [2.45, 2.75) is 23.1 Å². The fourth-order valence-corrected chi connectivity index (χ4v) is 5.08. The standard InChI is InChI=1S/C25H27FN2O4S2/c1-3-32-22-10-8-21(9-11-22)28(34(30,31)24-14-12-23(33-2)13-15-24)18-25(29)27-17-16-19-4-6-20(26)7-5-19/h4-15H,3,16-18H2,1-2H3,(H,27,29). The van der Waals surface area contributed by atoms with Crippen molar-refractivity contribution in [2.75, 3.05) is 30.3 Å².